The second-order valence-corrected chi connectivity index (χ2v) is 1.80. The zero-order valence-electron chi connectivity index (χ0n) is 5.69. The number of hydrogen-bond acceptors (Lipinski definition) is 2. The van der Waals surface area contributed by atoms with E-state index in [2.05, 4.69) is 0 Å². The highest BCUT2D eigenvalue weighted by Crippen LogP contribution is 1.95. The Morgan fingerprint density at radius 3 is 2.12 bits per heavy atom. The lowest BCUT2D eigenvalue weighted by Gasteiger charge is -2.02. The Kier molecular flexibility index (Phi) is 3.08. The van der Waals surface area contributed by atoms with Crippen LogP contribution in [-0.2, 0) is 4.74 Å². The Morgan fingerprint density at radius 2 is 2.00 bits per heavy atom. The fourth-order valence-electron chi connectivity index (χ4n) is 0.300. The topological polar surface area (TPSA) is 35.2 Å². The molecule has 8 heavy (non-hydrogen) atoms. The summed E-state index contributed by atoms with van der Waals surface area (Å²) < 4.78 is 4.96. The molecule has 0 aromatic rings. The summed E-state index contributed by atoms with van der Waals surface area (Å²) in [5.41, 5.74) is 6.42. The van der Waals surface area contributed by atoms with Crippen LogP contribution in [0.1, 0.15) is 20.8 Å². The molecule has 0 heterocycles. The Bertz CT molecular complexity index is 92.7. The van der Waals surface area contributed by atoms with Crippen LogP contribution in [-0.4, -0.2) is 6.61 Å². The van der Waals surface area contributed by atoms with Gasteiger partial charge >= 0.3 is 0 Å². The fourth-order valence-corrected chi connectivity index (χ4v) is 0.300. The summed E-state index contributed by atoms with van der Waals surface area (Å²) in [6.45, 7) is 6.41. The van der Waals surface area contributed by atoms with Crippen LogP contribution in [0.25, 0.3) is 0 Å². The van der Waals surface area contributed by atoms with E-state index in [-0.39, 0.29) is 0 Å². The van der Waals surface area contributed by atoms with Crippen molar-refractivity contribution in [3.05, 3.63) is 11.5 Å². The second-order valence-electron chi connectivity index (χ2n) is 1.80. The average Bonchev–Trinajstić information content (AvgIpc) is 1.67. The molecule has 0 amide bonds. The molecule has 0 fully saturated rings. The van der Waals surface area contributed by atoms with Crippen LogP contribution < -0.4 is 5.73 Å². The summed E-state index contributed by atoms with van der Waals surface area (Å²) >= 11 is 0. The van der Waals surface area contributed by atoms with Crippen molar-refractivity contribution in [2.45, 2.75) is 20.8 Å². The van der Waals surface area contributed by atoms with Crippen molar-refractivity contribution in [2.75, 3.05) is 6.61 Å². The number of nitrogens with two attached hydrogens (primary N) is 1. The average molecular weight is 115 g/mol. The summed E-state index contributed by atoms with van der Waals surface area (Å²) in [5.74, 6) is 0.549. The summed E-state index contributed by atoms with van der Waals surface area (Å²) in [5, 5.41) is 0. The maximum absolute atomic E-state index is 5.38. The molecule has 0 aromatic heterocycles. The molecule has 0 spiro atoms. The molecule has 0 saturated carbocycles. The molecule has 2 nitrogen and oxygen atoms in total. The maximum Gasteiger partial charge on any atom is 0.182 e. The van der Waals surface area contributed by atoms with Crippen LogP contribution in [0.4, 0.5) is 0 Å². The van der Waals surface area contributed by atoms with Gasteiger partial charge in [0.2, 0.25) is 0 Å². The molecule has 0 saturated heterocycles. The Labute approximate surface area is 50.3 Å². The molecule has 48 valence electrons. The van der Waals surface area contributed by atoms with Crippen molar-refractivity contribution in [1.82, 2.24) is 0 Å². The van der Waals surface area contributed by atoms with E-state index in [0.29, 0.717) is 12.5 Å². The van der Waals surface area contributed by atoms with Gasteiger partial charge in [-0.2, -0.15) is 0 Å². The van der Waals surface area contributed by atoms with Crippen molar-refractivity contribution in [2.24, 2.45) is 5.73 Å². The van der Waals surface area contributed by atoms with Gasteiger partial charge in [-0.3, -0.25) is 0 Å². The van der Waals surface area contributed by atoms with Crippen LogP contribution >= 0.6 is 0 Å². The number of hydrogen-bond donors (Lipinski definition) is 1. The van der Waals surface area contributed by atoms with Crippen LogP contribution in [0, 0.1) is 0 Å². The molecule has 0 aliphatic rings. The summed E-state index contributed by atoms with van der Waals surface area (Å²) in [6.07, 6.45) is 0. The second kappa shape index (κ2) is 3.36. The van der Waals surface area contributed by atoms with Crippen LogP contribution in [0.3, 0.4) is 0 Å². The zero-order chi connectivity index (χ0) is 6.57. The first-order valence-corrected chi connectivity index (χ1v) is 2.74. The molecule has 0 unspecified atom stereocenters. The Morgan fingerprint density at radius 1 is 1.50 bits per heavy atom. The van der Waals surface area contributed by atoms with Gasteiger partial charge in [0, 0.05) is 0 Å². The van der Waals surface area contributed by atoms with Crippen LogP contribution in [0.15, 0.2) is 11.5 Å². The van der Waals surface area contributed by atoms with Crippen molar-refractivity contribution in [1.29, 1.82) is 0 Å². The number of ether oxygens (including phenoxy) is 1. The molecule has 0 rings (SSSR count). The standard InChI is InChI=1S/C6H13NO/c1-4-8-6(7)5(2)3/h4,7H2,1-3H3. The van der Waals surface area contributed by atoms with Crippen molar-refractivity contribution < 1.29 is 4.74 Å². The van der Waals surface area contributed by atoms with E-state index in [0.717, 1.165) is 5.57 Å². The van der Waals surface area contributed by atoms with Crippen molar-refractivity contribution in [3.8, 4) is 0 Å². The third kappa shape index (κ3) is 2.50. The molecular formula is C6H13NO. The highest BCUT2D eigenvalue weighted by Gasteiger charge is 1.87. The van der Waals surface area contributed by atoms with Gasteiger partial charge < -0.3 is 10.5 Å². The van der Waals surface area contributed by atoms with Gasteiger partial charge in [0.1, 0.15) is 0 Å². The molecule has 0 radical (unpaired) electrons. The molecule has 0 aliphatic heterocycles. The SMILES string of the molecule is CCOC(N)=C(C)C. The maximum atomic E-state index is 5.38. The van der Waals surface area contributed by atoms with E-state index in [1.54, 1.807) is 0 Å². The van der Waals surface area contributed by atoms with E-state index in [9.17, 15) is 0 Å². The van der Waals surface area contributed by atoms with Crippen LogP contribution in [0.2, 0.25) is 0 Å². The van der Waals surface area contributed by atoms with Gasteiger partial charge in [0.25, 0.3) is 0 Å². The predicted octanol–water partition coefficient (Wildman–Crippen LogP) is 1.23. The lowest BCUT2D eigenvalue weighted by Crippen LogP contribution is -2.03. The molecule has 0 atom stereocenters. The first-order chi connectivity index (χ1) is 3.68. The normalized spacial score (nSPS) is 8.38. The van der Waals surface area contributed by atoms with E-state index >= 15 is 0 Å². The van der Waals surface area contributed by atoms with Crippen molar-refractivity contribution >= 4 is 0 Å². The number of allylic oxidation sites excluding steroid dienone is 1. The Hall–Kier alpha value is -0.660. The minimum atomic E-state index is 0.549. The van der Waals surface area contributed by atoms with Gasteiger partial charge in [-0.15, -0.1) is 0 Å². The lowest BCUT2D eigenvalue weighted by atomic mass is 10.4. The molecule has 0 aromatic carbocycles. The van der Waals surface area contributed by atoms with Gasteiger partial charge in [-0.1, -0.05) is 0 Å². The Balaban J connectivity index is 3.62. The number of rotatable bonds is 2. The third-order valence-electron chi connectivity index (χ3n) is 0.793. The van der Waals surface area contributed by atoms with Gasteiger partial charge in [-0.05, 0) is 26.3 Å². The molecular weight excluding hydrogens is 102 g/mol. The molecule has 2 heteroatoms. The van der Waals surface area contributed by atoms with Gasteiger partial charge in [0.05, 0.1) is 6.61 Å². The monoisotopic (exact) mass is 115 g/mol. The summed E-state index contributed by atoms with van der Waals surface area (Å²) in [4.78, 5) is 0. The van der Waals surface area contributed by atoms with Crippen LogP contribution in [0.5, 0.6) is 0 Å². The van der Waals surface area contributed by atoms with Gasteiger partial charge in [-0.25, -0.2) is 0 Å². The largest absolute Gasteiger partial charge is 0.480 e. The smallest absolute Gasteiger partial charge is 0.182 e. The lowest BCUT2D eigenvalue weighted by molar-refractivity contribution is 0.222. The molecule has 2 N–H and O–H groups in total. The predicted molar refractivity (Wildman–Crippen MR) is 34.2 cm³/mol. The van der Waals surface area contributed by atoms with Gasteiger partial charge in [0.15, 0.2) is 5.88 Å². The fraction of sp³-hybridized carbons (Fsp3) is 0.667. The summed E-state index contributed by atoms with van der Waals surface area (Å²) in [6, 6.07) is 0. The molecule has 0 aliphatic carbocycles. The highest BCUT2D eigenvalue weighted by molar-refractivity contribution is 4.97. The van der Waals surface area contributed by atoms with E-state index in [1.165, 1.54) is 0 Å². The zero-order valence-corrected chi connectivity index (χ0v) is 5.69. The first-order valence-electron chi connectivity index (χ1n) is 2.74. The quantitative estimate of drug-likeness (QED) is 0.549. The summed E-state index contributed by atoms with van der Waals surface area (Å²) in [7, 11) is 0. The highest BCUT2D eigenvalue weighted by atomic mass is 16.5. The minimum absolute atomic E-state index is 0.549. The third-order valence-corrected chi connectivity index (χ3v) is 0.793. The van der Waals surface area contributed by atoms with E-state index in [1.807, 2.05) is 20.8 Å². The van der Waals surface area contributed by atoms with Crippen molar-refractivity contribution in [3.63, 3.8) is 0 Å². The minimum Gasteiger partial charge on any atom is -0.480 e. The first kappa shape index (κ1) is 7.34. The van der Waals surface area contributed by atoms with E-state index < -0.39 is 0 Å². The van der Waals surface area contributed by atoms with E-state index in [4.69, 9.17) is 10.5 Å². The molecule has 0 bridgehead atoms.